The Hall–Kier alpha value is -1.37. The molecule has 0 amide bonds. The average Bonchev–Trinajstić information content (AvgIpc) is 3.26. The summed E-state index contributed by atoms with van der Waals surface area (Å²) in [6, 6.07) is 4.17. The first-order chi connectivity index (χ1) is 11.9. The van der Waals surface area contributed by atoms with Crippen molar-refractivity contribution in [2.45, 2.75) is 31.9 Å². The summed E-state index contributed by atoms with van der Waals surface area (Å²) in [5.41, 5.74) is 2.63. The topological polar surface area (TPSA) is 41.0 Å². The summed E-state index contributed by atoms with van der Waals surface area (Å²) in [6.07, 6.45) is 7.68. The molecule has 1 saturated heterocycles. The molecule has 0 aromatic carbocycles. The van der Waals surface area contributed by atoms with E-state index < -0.39 is 0 Å². The maximum Gasteiger partial charge on any atom is 0.167 e. The third-order valence-electron chi connectivity index (χ3n) is 4.67. The lowest BCUT2D eigenvalue weighted by molar-refractivity contribution is 0.0723. The number of ether oxygens (including phenoxy) is 1. The minimum absolute atomic E-state index is 0.367. The zero-order valence-corrected chi connectivity index (χ0v) is 14.7. The van der Waals surface area contributed by atoms with E-state index in [1.54, 1.807) is 11.8 Å². The van der Waals surface area contributed by atoms with Gasteiger partial charge in [-0.25, -0.2) is 0 Å². The number of rotatable bonds is 6. The highest BCUT2D eigenvalue weighted by Gasteiger charge is 2.27. The van der Waals surface area contributed by atoms with Crippen molar-refractivity contribution < 1.29 is 4.74 Å². The summed E-state index contributed by atoms with van der Waals surface area (Å²) < 4.78 is 5.87. The largest absolute Gasteiger partial charge is 0.377 e. The van der Waals surface area contributed by atoms with Gasteiger partial charge in [0.1, 0.15) is 0 Å². The lowest BCUT2D eigenvalue weighted by Crippen LogP contribution is -2.38. The van der Waals surface area contributed by atoms with Crippen LogP contribution in [-0.4, -0.2) is 58.8 Å². The molecule has 6 heteroatoms. The second-order valence-corrected chi connectivity index (χ2v) is 7.40. The van der Waals surface area contributed by atoms with Gasteiger partial charge in [0.2, 0.25) is 0 Å². The fourth-order valence-electron chi connectivity index (χ4n) is 3.50. The Balaban J connectivity index is 1.45. The summed E-state index contributed by atoms with van der Waals surface area (Å²) in [5.74, 6) is 0. The van der Waals surface area contributed by atoms with Gasteiger partial charge in [0.05, 0.1) is 6.10 Å². The molecule has 0 bridgehead atoms. The van der Waals surface area contributed by atoms with E-state index in [4.69, 9.17) is 4.74 Å². The predicted molar refractivity (Wildman–Crippen MR) is 97.8 cm³/mol. The molecular weight excluding hydrogens is 320 g/mol. The van der Waals surface area contributed by atoms with Crippen LogP contribution in [0.25, 0.3) is 0 Å². The van der Waals surface area contributed by atoms with E-state index in [2.05, 4.69) is 31.3 Å². The molecule has 4 rings (SSSR count). The molecule has 0 N–H and O–H groups in total. The summed E-state index contributed by atoms with van der Waals surface area (Å²) in [4.78, 5) is 13.8. The molecular formula is C18H24N4OS. The van der Waals surface area contributed by atoms with Gasteiger partial charge in [-0.05, 0) is 36.3 Å². The van der Waals surface area contributed by atoms with E-state index in [1.165, 1.54) is 29.3 Å². The Morgan fingerprint density at radius 1 is 1.33 bits per heavy atom. The summed E-state index contributed by atoms with van der Waals surface area (Å²) in [5, 5.41) is 3.45. The van der Waals surface area contributed by atoms with Crippen LogP contribution in [0.5, 0.6) is 0 Å². The fraction of sp³-hybridized carbons (Fsp3) is 0.556. The van der Waals surface area contributed by atoms with E-state index in [9.17, 15) is 0 Å². The monoisotopic (exact) mass is 344 g/mol. The molecule has 3 aliphatic heterocycles. The second-order valence-electron chi connectivity index (χ2n) is 6.56. The van der Waals surface area contributed by atoms with Crippen molar-refractivity contribution in [1.82, 2.24) is 14.8 Å². The van der Waals surface area contributed by atoms with Gasteiger partial charge in [-0.3, -0.25) is 14.9 Å². The average molecular weight is 344 g/mol. The van der Waals surface area contributed by atoms with Crippen LogP contribution in [0, 0.1) is 0 Å². The fourth-order valence-corrected chi connectivity index (χ4v) is 4.44. The van der Waals surface area contributed by atoms with Crippen molar-refractivity contribution >= 4 is 16.9 Å². The van der Waals surface area contributed by atoms with Gasteiger partial charge in [0, 0.05) is 57.4 Å². The first-order valence-electron chi connectivity index (χ1n) is 8.79. The van der Waals surface area contributed by atoms with Crippen LogP contribution in [0.1, 0.15) is 24.8 Å². The number of thioether (sulfide) groups is 1. The molecule has 0 radical (unpaired) electrons. The van der Waals surface area contributed by atoms with Crippen LogP contribution in [0.3, 0.4) is 0 Å². The van der Waals surface area contributed by atoms with Crippen molar-refractivity contribution in [3.05, 3.63) is 41.2 Å². The van der Waals surface area contributed by atoms with E-state index in [0.29, 0.717) is 6.10 Å². The molecule has 24 heavy (non-hydrogen) atoms. The zero-order valence-electron chi connectivity index (χ0n) is 13.9. The third kappa shape index (κ3) is 3.82. The molecule has 1 atom stereocenters. The number of nitrogens with zero attached hydrogens (tertiary/aromatic N) is 4. The van der Waals surface area contributed by atoms with Gasteiger partial charge in [-0.2, -0.15) is 0 Å². The minimum atomic E-state index is 0.367. The molecule has 1 aromatic rings. The standard InChI is InChI=1S/C18H24N4OS/c1-4-15(10-19-6-1)11-21(13-17-5-2-9-23-17)12-16-14-24-18-20-7-3-8-22(16)18/h1,4,6,10,14,17H,2-3,5,7-9,11-13H2. The van der Waals surface area contributed by atoms with Gasteiger partial charge < -0.3 is 9.64 Å². The Morgan fingerprint density at radius 3 is 3.17 bits per heavy atom. The van der Waals surface area contributed by atoms with Crippen molar-refractivity contribution in [1.29, 1.82) is 0 Å². The van der Waals surface area contributed by atoms with Gasteiger partial charge >= 0.3 is 0 Å². The van der Waals surface area contributed by atoms with Crippen LogP contribution in [-0.2, 0) is 11.3 Å². The normalized spacial score (nSPS) is 23.4. The van der Waals surface area contributed by atoms with Crippen molar-refractivity contribution in [3.8, 4) is 0 Å². The lowest BCUT2D eigenvalue weighted by Gasteiger charge is -2.30. The molecule has 1 unspecified atom stereocenters. The Kier molecular flexibility index (Phi) is 5.16. The van der Waals surface area contributed by atoms with Crippen LogP contribution in [0.4, 0.5) is 0 Å². The second kappa shape index (κ2) is 7.68. The van der Waals surface area contributed by atoms with Gasteiger partial charge in [-0.15, -0.1) is 0 Å². The predicted octanol–water partition coefficient (Wildman–Crippen LogP) is 2.71. The lowest BCUT2D eigenvalue weighted by atomic mass is 10.2. The van der Waals surface area contributed by atoms with Crippen molar-refractivity contribution in [3.63, 3.8) is 0 Å². The zero-order chi connectivity index (χ0) is 16.2. The van der Waals surface area contributed by atoms with E-state index in [1.807, 2.05) is 18.5 Å². The van der Waals surface area contributed by atoms with Crippen LogP contribution in [0.15, 0.2) is 40.6 Å². The SMILES string of the molecule is C1=C(CN(Cc2cccnc2)CC2CCCO2)N2CCCN=C2S1. The van der Waals surface area contributed by atoms with E-state index >= 15 is 0 Å². The number of hydrogen-bond donors (Lipinski definition) is 0. The minimum Gasteiger partial charge on any atom is -0.377 e. The van der Waals surface area contributed by atoms with Gasteiger partial charge in [0.15, 0.2) is 5.17 Å². The van der Waals surface area contributed by atoms with Crippen LogP contribution < -0.4 is 0 Å². The molecule has 4 heterocycles. The maximum absolute atomic E-state index is 5.87. The smallest absolute Gasteiger partial charge is 0.167 e. The molecule has 1 aromatic heterocycles. The Bertz CT molecular complexity index is 613. The third-order valence-corrected chi connectivity index (χ3v) is 5.62. The number of hydrogen-bond acceptors (Lipinski definition) is 6. The first-order valence-corrected chi connectivity index (χ1v) is 9.67. The summed E-state index contributed by atoms with van der Waals surface area (Å²) in [6.45, 7) is 5.81. The number of amidine groups is 1. The molecule has 128 valence electrons. The quantitative estimate of drug-likeness (QED) is 0.794. The molecule has 5 nitrogen and oxygen atoms in total. The first kappa shape index (κ1) is 16.1. The highest BCUT2D eigenvalue weighted by atomic mass is 32.2. The van der Waals surface area contributed by atoms with Crippen molar-refractivity contribution in [2.75, 3.05) is 32.8 Å². The summed E-state index contributed by atoms with van der Waals surface area (Å²) in [7, 11) is 0. The number of aromatic nitrogens is 1. The highest BCUT2D eigenvalue weighted by Crippen LogP contribution is 2.29. The number of aliphatic imine (C=N–C) groups is 1. The number of fused-ring (bicyclic) bond motifs is 1. The Morgan fingerprint density at radius 2 is 2.33 bits per heavy atom. The van der Waals surface area contributed by atoms with Crippen LogP contribution in [0.2, 0.25) is 0 Å². The van der Waals surface area contributed by atoms with E-state index in [0.717, 1.165) is 45.8 Å². The molecule has 3 aliphatic rings. The van der Waals surface area contributed by atoms with Crippen molar-refractivity contribution in [2.24, 2.45) is 4.99 Å². The maximum atomic E-state index is 5.87. The number of pyridine rings is 1. The highest BCUT2D eigenvalue weighted by molar-refractivity contribution is 8.16. The van der Waals surface area contributed by atoms with E-state index in [-0.39, 0.29) is 0 Å². The molecule has 1 fully saturated rings. The molecule has 0 spiro atoms. The Labute approximate surface area is 147 Å². The van der Waals surface area contributed by atoms with Gasteiger partial charge in [-0.1, -0.05) is 17.8 Å². The molecule has 0 saturated carbocycles. The molecule has 0 aliphatic carbocycles. The van der Waals surface area contributed by atoms with Gasteiger partial charge in [0.25, 0.3) is 0 Å². The summed E-state index contributed by atoms with van der Waals surface area (Å²) >= 11 is 1.77. The van der Waals surface area contributed by atoms with Crippen LogP contribution >= 0.6 is 11.8 Å².